The van der Waals surface area contributed by atoms with Crippen LogP contribution in [0.3, 0.4) is 0 Å². The zero-order valence-corrected chi connectivity index (χ0v) is 16.1. The fraction of sp³-hybridized carbons (Fsp3) is 0.368. The number of carbonyl (C=O) groups is 1. The normalized spacial score (nSPS) is 17.7. The van der Waals surface area contributed by atoms with E-state index in [1.54, 1.807) is 41.6 Å². The molecule has 2 heterocycles. The summed E-state index contributed by atoms with van der Waals surface area (Å²) >= 11 is 0. The Hall–Kier alpha value is -2.29. The summed E-state index contributed by atoms with van der Waals surface area (Å²) < 4.78 is 27.2. The van der Waals surface area contributed by atoms with E-state index in [1.807, 2.05) is 19.1 Å². The lowest BCUT2D eigenvalue weighted by Crippen LogP contribution is -2.49. The van der Waals surface area contributed by atoms with E-state index >= 15 is 0 Å². The number of benzene rings is 1. The maximum atomic E-state index is 12.7. The molecule has 1 unspecified atom stereocenters. The molecule has 8 heteroatoms. The molecule has 1 saturated heterocycles. The van der Waals surface area contributed by atoms with Crippen molar-refractivity contribution in [2.45, 2.75) is 24.3 Å². The van der Waals surface area contributed by atoms with Crippen LogP contribution in [0, 0.1) is 6.92 Å². The van der Waals surface area contributed by atoms with Gasteiger partial charge >= 0.3 is 0 Å². The van der Waals surface area contributed by atoms with E-state index in [-0.39, 0.29) is 29.8 Å². The highest BCUT2D eigenvalue weighted by atomic mass is 32.2. The summed E-state index contributed by atoms with van der Waals surface area (Å²) in [5, 5.41) is 3.29. The zero-order chi connectivity index (χ0) is 19.3. The van der Waals surface area contributed by atoms with Crippen molar-refractivity contribution in [2.75, 3.05) is 26.2 Å². The van der Waals surface area contributed by atoms with Gasteiger partial charge in [0.15, 0.2) is 0 Å². The Balaban J connectivity index is 1.60. The third-order valence-corrected chi connectivity index (χ3v) is 6.07. The Morgan fingerprint density at radius 1 is 1.30 bits per heavy atom. The molecule has 3 rings (SSSR count). The first-order valence-corrected chi connectivity index (χ1v) is 10.4. The number of carbonyl (C=O) groups excluding carboxylic acids is 1. The largest absolute Gasteiger partial charge is 0.333 e. The summed E-state index contributed by atoms with van der Waals surface area (Å²) in [6, 6.07) is 10.3. The number of piperazine rings is 1. The number of aromatic nitrogens is 1. The van der Waals surface area contributed by atoms with E-state index in [1.165, 1.54) is 0 Å². The van der Waals surface area contributed by atoms with E-state index < -0.39 is 10.0 Å². The number of hydrogen-bond donors (Lipinski definition) is 2. The molecule has 0 spiro atoms. The molecule has 0 aliphatic carbocycles. The summed E-state index contributed by atoms with van der Waals surface area (Å²) in [4.78, 5) is 18.8. The summed E-state index contributed by atoms with van der Waals surface area (Å²) in [6.07, 6.45) is 3.58. The van der Waals surface area contributed by atoms with Crippen molar-refractivity contribution >= 4 is 15.9 Å². The van der Waals surface area contributed by atoms with E-state index in [9.17, 15) is 13.2 Å². The Morgan fingerprint density at radius 2 is 2.07 bits per heavy atom. The lowest BCUT2D eigenvalue weighted by atomic mass is 10.0. The standard InChI is InChI=1S/C19H24N4O3S/c1-15-4-6-17(7-5-15)27(25,26)22-10-8-19(24)23-12-11-21-14-18(23)16-3-2-9-20-13-16/h2-7,9,13,18,21-22H,8,10-12,14H2,1H3. The van der Waals surface area contributed by atoms with Gasteiger partial charge in [0.05, 0.1) is 10.9 Å². The van der Waals surface area contributed by atoms with Gasteiger partial charge in [-0.1, -0.05) is 23.8 Å². The van der Waals surface area contributed by atoms with Crippen molar-refractivity contribution in [2.24, 2.45) is 0 Å². The topological polar surface area (TPSA) is 91.4 Å². The second-order valence-corrected chi connectivity index (χ2v) is 8.32. The van der Waals surface area contributed by atoms with Gasteiger partial charge < -0.3 is 10.2 Å². The maximum Gasteiger partial charge on any atom is 0.240 e. The van der Waals surface area contributed by atoms with Crippen LogP contribution in [0.4, 0.5) is 0 Å². The second-order valence-electron chi connectivity index (χ2n) is 6.55. The van der Waals surface area contributed by atoms with Crippen molar-refractivity contribution in [1.29, 1.82) is 0 Å². The van der Waals surface area contributed by atoms with Gasteiger partial charge in [-0.3, -0.25) is 9.78 Å². The summed E-state index contributed by atoms with van der Waals surface area (Å²) in [7, 11) is -3.61. The van der Waals surface area contributed by atoms with Crippen molar-refractivity contribution in [3.8, 4) is 0 Å². The van der Waals surface area contributed by atoms with Crippen molar-refractivity contribution in [1.82, 2.24) is 19.9 Å². The highest BCUT2D eigenvalue weighted by molar-refractivity contribution is 7.89. The second kappa shape index (κ2) is 8.60. The lowest BCUT2D eigenvalue weighted by molar-refractivity contribution is -0.134. The Morgan fingerprint density at radius 3 is 2.78 bits per heavy atom. The molecule has 1 aliphatic rings. The number of hydrogen-bond acceptors (Lipinski definition) is 5. The Labute approximate surface area is 159 Å². The molecule has 0 radical (unpaired) electrons. The van der Waals surface area contributed by atoms with Crippen LogP contribution >= 0.6 is 0 Å². The smallest absolute Gasteiger partial charge is 0.240 e. The highest BCUT2D eigenvalue weighted by Crippen LogP contribution is 2.22. The van der Waals surface area contributed by atoms with Gasteiger partial charge in [0.25, 0.3) is 0 Å². The molecule has 0 bridgehead atoms. The van der Waals surface area contributed by atoms with Gasteiger partial charge in [0.1, 0.15) is 0 Å². The fourth-order valence-corrected chi connectivity index (χ4v) is 4.14. The summed E-state index contributed by atoms with van der Waals surface area (Å²) in [5.74, 6) is -0.0723. The van der Waals surface area contributed by atoms with Crippen molar-refractivity contribution in [3.63, 3.8) is 0 Å². The minimum absolute atomic E-state index is 0.0682. The molecule has 1 fully saturated rings. The molecule has 7 nitrogen and oxygen atoms in total. The third kappa shape index (κ3) is 4.91. The van der Waals surface area contributed by atoms with Crippen LogP contribution in [-0.2, 0) is 14.8 Å². The number of nitrogens with zero attached hydrogens (tertiary/aromatic N) is 2. The molecule has 2 N–H and O–H groups in total. The predicted octanol–water partition coefficient (Wildman–Crippen LogP) is 1.23. The average Bonchev–Trinajstić information content (AvgIpc) is 2.69. The van der Waals surface area contributed by atoms with Gasteiger partial charge in [-0.05, 0) is 30.7 Å². The first-order chi connectivity index (χ1) is 13.0. The minimum atomic E-state index is -3.61. The maximum absolute atomic E-state index is 12.7. The van der Waals surface area contributed by atoms with Crippen molar-refractivity contribution in [3.05, 3.63) is 59.9 Å². The first kappa shape index (κ1) is 19.5. The fourth-order valence-electron chi connectivity index (χ4n) is 3.11. The number of aryl methyl sites for hydroxylation is 1. The van der Waals surface area contributed by atoms with Crippen LogP contribution < -0.4 is 10.0 Å². The monoisotopic (exact) mass is 388 g/mol. The number of sulfonamides is 1. The molecule has 144 valence electrons. The number of pyridine rings is 1. The predicted molar refractivity (Wildman–Crippen MR) is 103 cm³/mol. The van der Waals surface area contributed by atoms with Gasteiger partial charge in [-0.15, -0.1) is 0 Å². The molecule has 1 atom stereocenters. The van der Waals surface area contributed by atoms with Crippen LogP contribution in [-0.4, -0.2) is 50.4 Å². The molecular formula is C19H24N4O3S. The Kier molecular flexibility index (Phi) is 6.20. The molecule has 1 aromatic heterocycles. The van der Waals surface area contributed by atoms with Crippen LogP contribution in [0.25, 0.3) is 0 Å². The van der Waals surface area contributed by atoms with Crippen LogP contribution in [0.5, 0.6) is 0 Å². The lowest BCUT2D eigenvalue weighted by Gasteiger charge is -2.36. The van der Waals surface area contributed by atoms with E-state index in [4.69, 9.17) is 0 Å². The molecule has 0 saturated carbocycles. The summed E-state index contributed by atoms with van der Waals surface area (Å²) in [6.45, 7) is 3.93. The first-order valence-electron chi connectivity index (χ1n) is 8.94. The molecule has 2 aromatic rings. The van der Waals surface area contributed by atoms with Gasteiger partial charge in [-0.25, -0.2) is 13.1 Å². The van der Waals surface area contributed by atoms with Crippen molar-refractivity contribution < 1.29 is 13.2 Å². The van der Waals surface area contributed by atoms with E-state index in [0.29, 0.717) is 13.1 Å². The third-order valence-electron chi connectivity index (χ3n) is 4.60. The van der Waals surface area contributed by atoms with Gasteiger partial charge in [0.2, 0.25) is 15.9 Å². The van der Waals surface area contributed by atoms with Gasteiger partial charge in [0, 0.05) is 45.0 Å². The molecule has 27 heavy (non-hydrogen) atoms. The average molecular weight is 388 g/mol. The Bertz CT molecular complexity index is 870. The van der Waals surface area contributed by atoms with Crippen LogP contribution in [0.2, 0.25) is 0 Å². The van der Waals surface area contributed by atoms with Crippen LogP contribution in [0.1, 0.15) is 23.6 Å². The molecular weight excluding hydrogens is 364 g/mol. The van der Waals surface area contributed by atoms with Gasteiger partial charge in [-0.2, -0.15) is 0 Å². The minimum Gasteiger partial charge on any atom is -0.333 e. The molecule has 1 amide bonds. The SMILES string of the molecule is Cc1ccc(S(=O)(=O)NCCC(=O)N2CCNCC2c2cccnc2)cc1. The number of nitrogens with one attached hydrogen (secondary N) is 2. The zero-order valence-electron chi connectivity index (χ0n) is 15.3. The van der Waals surface area contributed by atoms with E-state index in [0.717, 1.165) is 17.7 Å². The van der Waals surface area contributed by atoms with E-state index in [2.05, 4.69) is 15.0 Å². The number of rotatable bonds is 6. The molecule has 1 aliphatic heterocycles. The molecule has 1 aromatic carbocycles. The summed E-state index contributed by atoms with van der Waals surface area (Å²) in [5.41, 5.74) is 1.96. The van der Waals surface area contributed by atoms with Crippen LogP contribution in [0.15, 0.2) is 53.7 Å². The quantitative estimate of drug-likeness (QED) is 0.777. The highest BCUT2D eigenvalue weighted by Gasteiger charge is 2.27. The number of amides is 1.